The molecule has 0 aliphatic heterocycles. The largest absolute Gasteiger partial charge is 0.337 e. The molecule has 0 spiro atoms. The van der Waals surface area contributed by atoms with Crippen molar-refractivity contribution in [3.63, 3.8) is 0 Å². The molecule has 0 saturated carbocycles. The van der Waals surface area contributed by atoms with Gasteiger partial charge in [0.15, 0.2) is 0 Å². The number of para-hydroxylation sites is 1. The van der Waals surface area contributed by atoms with E-state index >= 15 is 0 Å². The van der Waals surface area contributed by atoms with E-state index in [0.29, 0.717) is 11.4 Å². The minimum atomic E-state index is -3.57. The number of urea groups is 1. The van der Waals surface area contributed by atoms with Crippen molar-refractivity contribution in [3.05, 3.63) is 54.6 Å². The first-order chi connectivity index (χ1) is 13.7. The van der Waals surface area contributed by atoms with Crippen LogP contribution in [0.1, 0.15) is 20.3 Å². The van der Waals surface area contributed by atoms with Gasteiger partial charge in [-0.2, -0.15) is 4.31 Å². The zero-order chi connectivity index (χ0) is 21.4. The number of hydrogen-bond acceptors (Lipinski definition) is 4. The van der Waals surface area contributed by atoms with Gasteiger partial charge >= 0.3 is 6.03 Å². The molecule has 156 valence electrons. The van der Waals surface area contributed by atoms with Crippen molar-refractivity contribution in [3.8, 4) is 0 Å². The molecule has 0 heterocycles. The van der Waals surface area contributed by atoms with Crippen LogP contribution in [0, 0.1) is 0 Å². The molecule has 0 aliphatic carbocycles. The number of nitrogens with zero attached hydrogens (tertiary/aromatic N) is 1. The topological polar surface area (TPSA) is 108 Å². The normalized spacial score (nSPS) is 11.3. The van der Waals surface area contributed by atoms with Crippen LogP contribution in [0.15, 0.2) is 59.5 Å². The van der Waals surface area contributed by atoms with E-state index in [1.165, 1.54) is 35.6 Å². The van der Waals surface area contributed by atoms with Gasteiger partial charge in [0.2, 0.25) is 15.9 Å². The van der Waals surface area contributed by atoms with E-state index < -0.39 is 16.1 Å². The third-order valence-corrected chi connectivity index (χ3v) is 6.26. The molecule has 0 bridgehead atoms. The minimum Gasteiger partial charge on any atom is -0.337 e. The fourth-order valence-corrected chi connectivity index (χ4v) is 3.73. The standard InChI is InChI=1S/C20H26N4O4S/c1-15(2)24(3)29(27,28)18-11-9-17(10-12-18)22-19(25)13-14-21-20(26)23-16-7-5-4-6-8-16/h4-12,15H,13-14H2,1-3H3,(H,22,25)(H2,21,23,26). The lowest BCUT2D eigenvalue weighted by molar-refractivity contribution is -0.116. The summed E-state index contributed by atoms with van der Waals surface area (Å²) in [5, 5.41) is 7.94. The minimum absolute atomic E-state index is 0.0817. The van der Waals surface area contributed by atoms with Gasteiger partial charge in [-0.15, -0.1) is 0 Å². The zero-order valence-corrected chi connectivity index (χ0v) is 17.5. The summed E-state index contributed by atoms with van der Waals surface area (Å²) in [6.07, 6.45) is 0.0817. The van der Waals surface area contributed by atoms with E-state index in [-0.39, 0.29) is 29.8 Å². The average molecular weight is 419 g/mol. The second kappa shape index (κ2) is 10.0. The van der Waals surface area contributed by atoms with E-state index in [1.807, 2.05) is 6.07 Å². The van der Waals surface area contributed by atoms with Gasteiger partial charge in [-0.25, -0.2) is 13.2 Å². The van der Waals surface area contributed by atoms with Crippen LogP contribution in [0.2, 0.25) is 0 Å². The van der Waals surface area contributed by atoms with Crippen molar-refractivity contribution < 1.29 is 18.0 Å². The molecule has 29 heavy (non-hydrogen) atoms. The summed E-state index contributed by atoms with van der Waals surface area (Å²) in [5.74, 6) is -0.292. The number of benzene rings is 2. The molecular weight excluding hydrogens is 392 g/mol. The van der Waals surface area contributed by atoms with Gasteiger partial charge in [0.05, 0.1) is 4.90 Å². The second-order valence-electron chi connectivity index (χ2n) is 6.68. The number of carbonyl (C=O) groups is 2. The maximum atomic E-state index is 12.4. The van der Waals surface area contributed by atoms with Crippen molar-refractivity contribution in [2.24, 2.45) is 0 Å². The Morgan fingerprint density at radius 3 is 2.10 bits per heavy atom. The summed E-state index contributed by atoms with van der Waals surface area (Å²) >= 11 is 0. The van der Waals surface area contributed by atoms with Gasteiger partial charge in [0.1, 0.15) is 0 Å². The first kappa shape index (κ1) is 22.4. The molecule has 3 N–H and O–H groups in total. The summed E-state index contributed by atoms with van der Waals surface area (Å²) in [7, 11) is -2.04. The quantitative estimate of drug-likeness (QED) is 0.613. The number of anilines is 2. The third kappa shape index (κ3) is 6.58. The Kier molecular flexibility index (Phi) is 7.74. The van der Waals surface area contributed by atoms with E-state index in [4.69, 9.17) is 0 Å². The summed E-state index contributed by atoms with van der Waals surface area (Å²) in [6, 6.07) is 14.4. The first-order valence-corrected chi connectivity index (χ1v) is 10.6. The van der Waals surface area contributed by atoms with Crippen LogP contribution < -0.4 is 16.0 Å². The molecular formula is C20H26N4O4S. The van der Waals surface area contributed by atoms with Gasteiger partial charge in [-0.3, -0.25) is 4.79 Å². The summed E-state index contributed by atoms with van der Waals surface area (Å²) < 4.78 is 26.2. The molecule has 2 aromatic carbocycles. The van der Waals surface area contributed by atoms with E-state index in [9.17, 15) is 18.0 Å². The number of sulfonamides is 1. The average Bonchev–Trinajstić information content (AvgIpc) is 2.68. The van der Waals surface area contributed by atoms with Gasteiger partial charge in [0, 0.05) is 37.4 Å². The Balaban J connectivity index is 1.81. The fourth-order valence-electron chi connectivity index (χ4n) is 2.36. The summed E-state index contributed by atoms with van der Waals surface area (Å²) in [4.78, 5) is 24.0. The highest BCUT2D eigenvalue weighted by Crippen LogP contribution is 2.19. The number of carbonyl (C=O) groups excluding carboxylic acids is 2. The van der Waals surface area contributed by atoms with E-state index in [1.54, 1.807) is 38.1 Å². The molecule has 0 unspecified atom stereocenters. The molecule has 3 amide bonds. The van der Waals surface area contributed by atoms with Crippen LogP contribution in [0.3, 0.4) is 0 Å². The van der Waals surface area contributed by atoms with Gasteiger partial charge < -0.3 is 16.0 Å². The lowest BCUT2D eigenvalue weighted by Crippen LogP contribution is -2.33. The van der Waals surface area contributed by atoms with Crippen LogP contribution in [-0.4, -0.2) is 44.3 Å². The lowest BCUT2D eigenvalue weighted by Gasteiger charge is -2.21. The molecule has 0 aliphatic rings. The second-order valence-corrected chi connectivity index (χ2v) is 8.68. The molecule has 9 heteroatoms. The number of rotatable bonds is 8. The molecule has 2 aromatic rings. The molecule has 0 atom stereocenters. The Morgan fingerprint density at radius 1 is 0.931 bits per heavy atom. The van der Waals surface area contributed by atoms with Gasteiger partial charge in [0.25, 0.3) is 0 Å². The van der Waals surface area contributed by atoms with Crippen LogP contribution in [-0.2, 0) is 14.8 Å². The molecule has 0 saturated heterocycles. The number of nitrogens with one attached hydrogen (secondary N) is 3. The summed E-state index contributed by atoms with van der Waals surface area (Å²) in [5.41, 5.74) is 1.14. The van der Waals surface area contributed by atoms with Crippen molar-refractivity contribution >= 4 is 33.3 Å². The van der Waals surface area contributed by atoms with Crippen molar-refractivity contribution in [1.82, 2.24) is 9.62 Å². The first-order valence-electron chi connectivity index (χ1n) is 9.18. The summed E-state index contributed by atoms with van der Waals surface area (Å²) in [6.45, 7) is 3.75. The zero-order valence-electron chi connectivity index (χ0n) is 16.7. The molecule has 8 nitrogen and oxygen atoms in total. The van der Waals surface area contributed by atoms with Crippen LogP contribution >= 0.6 is 0 Å². The molecule has 2 rings (SSSR count). The van der Waals surface area contributed by atoms with Crippen LogP contribution in [0.5, 0.6) is 0 Å². The Labute approximate surface area is 171 Å². The van der Waals surface area contributed by atoms with E-state index in [0.717, 1.165) is 0 Å². The predicted octanol–water partition coefficient (Wildman–Crippen LogP) is 2.87. The number of hydrogen-bond donors (Lipinski definition) is 3. The van der Waals surface area contributed by atoms with Crippen molar-refractivity contribution in [2.45, 2.75) is 31.2 Å². The highest BCUT2D eigenvalue weighted by atomic mass is 32.2. The number of amides is 3. The van der Waals surface area contributed by atoms with Gasteiger partial charge in [-0.05, 0) is 50.2 Å². The lowest BCUT2D eigenvalue weighted by atomic mass is 10.3. The third-order valence-electron chi connectivity index (χ3n) is 4.21. The van der Waals surface area contributed by atoms with E-state index in [2.05, 4.69) is 16.0 Å². The monoisotopic (exact) mass is 418 g/mol. The SMILES string of the molecule is CC(C)N(C)S(=O)(=O)c1ccc(NC(=O)CCNC(=O)Nc2ccccc2)cc1. The molecule has 0 fully saturated rings. The fraction of sp³-hybridized carbons (Fsp3) is 0.300. The molecule has 0 aromatic heterocycles. The smallest absolute Gasteiger partial charge is 0.319 e. The maximum absolute atomic E-state index is 12.4. The van der Waals surface area contributed by atoms with Gasteiger partial charge in [-0.1, -0.05) is 18.2 Å². The Bertz CT molecular complexity index is 929. The van der Waals surface area contributed by atoms with Crippen LogP contribution in [0.4, 0.5) is 16.2 Å². The maximum Gasteiger partial charge on any atom is 0.319 e. The van der Waals surface area contributed by atoms with Crippen molar-refractivity contribution in [2.75, 3.05) is 24.2 Å². The Morgan fingerprint density at radius 2 is 1.52 bits per heavy atom. The predicted molar refractivity (Wildman–Crippen MR) is 113 cm³/mol. The Hall–Kier alpha value is -2.91. The van der Waals surface area contributed by atoms with Crippen LogP contribution in [0.25, 0.3) is 0 Å². The highest BCUT2D eigenvalue weighted by Gasteiger charge is 2.22. The van der Waals surface area contributed by atoms with Crippen molar-refractivity contribution in [1.29, 1.82) is 0 Å². The highest BCUT2D eigenvalue weighted by molar-refractivity contribution is 7.89. The molecule has 0 radical (unpaired) electrons.